The summed E-state index contributed by atoms with van der Waals surface area (Å²) >= 11 is 0. The largest absolute Gasteiger partial charge is 0.416 e. The van der Waals surface area contributed by atoms with Gasteiger partial charge in [0.2, 0.25) is 0 Å². The van der Waals surface area contributed by atoms with Gasteiger partial charge < -0.3 is 9.88 Å². The SMILES string of the molecule is O=C(NCCCCn1ccnc1)c1ccc(C(F)(F)F)cc1. The summed E-state index contributed by atoms with van der Waals surface area (Å²) in [5.41, 5.74) is -0.535. The highest BCUT2D eigenvalue weighted by Gasteiger charge is 2.30. The van der Waals surface area contributed by atoms with Crippen LogP contribution in [0.1, 0.15) is 28.8 Å². The molecule has 4 nitrogen and oxygen atoms in total. The highest BCUT2D eigenvalue weighted by Crippen LogP contribution is 2.28. The molecule has 0 radical (unpaired) electrons. The van der Waals surface area contributed by atoms with Gasteiger partial charge in [0, 0.05) is 31.0 Å². The number of imidazole rings is 1. The molecule has 1 heterocycles. The van der Waals surface area contributed by atoms with Crippen molar-refractivity contribution < 1.29 is 18.0 Å². The molecule has 0 unspecified atom stereocenters. The van der Waals surface area contributed by atoms with Gasteiger partial charge >= 0.3 is 6.18 Å². The highest BCUT2D eigenvalue weighted by atomic mass is 19.4. The second-order valence-electron chi connectivity index (χ2n) is 4.84. The lowest BCUT2D eigenvalue weighted by Gasteiger charge is -2.08. The number of carbonyl (C=O) groups excluding carboxylic acids is 1. The molecule has 0 saturated carbocycles. The molecule has 7 heteroatoms. The van der Waals surface area contributed by atoms with Crippen molar-refractivity contribution in [3.8, 4) is 0 Å². The first-order chi connectivity index (χ1) is 10.5. The summed E-state index contributed by atoms with van der Waals surface area (Å²) in [5.74, 6) is -0.364. The minimum Gasteiger partial charge on any atom is -0.352 e. The number of benzene rings is 1. The van der Waals surface area contributed by atoms with Crippen molar-refractivity contribution in [1.82, 2.24) is 14.9 Å². The second-order valence-corrected chi connectivity index (χ2v) is 4.84. The minimum absolute atomic E-state index is 0.225. The number of hydrogen-bond donors (Lipinski definition) is 1. The number of halogens is 3. The van der Waals surface area contributed by atoms with E-state index in [9.17, 15) is 18.0 Å². The topological polar surface area (TPSA) is 46.9 Å². The number of alkyl halides is 3. The molecule has 0 aliphatic carbocycles. The van der Waals surface area contributed by atoms with Crippen LogP contribution < -0.4 is 5.32 Å². The summed E-state index contributed by atoms with van der Waals surface area (Å²) in [6, 6.07) is 4.19. The highest BCUT2D eigenvalue weighted by molar-refractivity contribution is 5.94. The molecule has 22 heavy (non-hydrogen) atoms. The number of aryl methyl sites for hydroxylation is 1. The third-order valence-electron chi connectivity index (χ3n) is 3.16. The van der Waals surface area contributed by atoms with Crippen LogP contribution in [0.15, 0.2) is 43.0 Å². The van der Waals surface area contributed by atoms with Crippen LogP contribution in [-0.4, -0.2) is 22.0 Å². The van der Waals surface area contributed by atoms with Gasteiger partial charge in [-0.05, 0) is 37.1 Å². The predicted molar refractivity (Wildman–Crippen MR) is 75.2 cm³/mol. The van der Waals surface area contributed by atoms with E-state index < -0.39 is 11.7 Å². The number of nitrogens with zero attached hydrogens (tertiary/aromatic N) is 2. The Hall–Kier alpha value is -2.31. The Balaban J connectivity index is 1.73. The van der Waals surface area contributed by atoms with Gasteiger partial charge in [-0.25, -0.2) is 4.98 Å². The molecule has 1 aromatic carbocycles. The maximum atomic E-state index is 12.4. The van der Waals surface area contributed by atoms with Crippen LogP contribution in [-0.2, 0) is 12.7 Å². The Bertz CT molecular complexity index is 591. The molecule has 0 spiro atoms. The quantitative estimate of drug-likeness (QED) is 0.833. The first-order valence-corrected chi connectivity index (χ1v) is 6.88. The zero-order chi connectivity index (χ0) is 16.0. The van der Waals surface area contributed by atoms with E-state index in [-0.39, 0.29) is 11.5 Å². The van der Waals surface area contributed by atoms with Crippen molar-refractivity contribution in [2.45, 2.75) is 25.6 Å². The van der Waals surface area contributed by atoms with Crippen LogP contribution in [0.5, 0.6) is 0 Å². The third kappa shape index (κ3) is 4.61. The fourth-order valence-corrected chi connectivity index (χ4v) is 1.95. The molecular formula is C15H16F3N3O. The third-order valence-corrected chi connectivity index (χ3v) is 3.16. The van der Waals surface area contributed by atoms with Crippen LogP contribution in [0, 0.1) is 0 Å². The Morgan fingerprint density at radius 2 is 1.91 bits per heavy atom. The molecule has 2 rings (SSSR count). The van der Waals surface area contributed by atoms with Gasteiger partial charge in [-0.1, -0.05) is 0 Å². The summed E-state index contributed by atoms with van der Waals surface area (Å²) in [7, 11) is 0. The fourth-order valence-electron chi connectivity index (χ4n) is 1.95. The average Bonchev–Trinajstić information content (AvgIpc) is 2.99. The Morgan fingerprint density at radius 3 is 2.50 bits per heavy atom. The van der Waals surface area contributed by atoms with Crippen molar-refractivity contribution in [2.24, 2.45) is 0 Å². The van der Waals surface area contributed by atoms with Gasteiger partial charge in [0.1, 0.15) is 0 Å². The summed E-state index contributed by atoms with van der Waals surface area (Å²) in [6.07, 6.45) is 2.56. The number of aromatic nitrogens is 2. The summed E-state index contributed by atoms with van der Waals surface area (Å²) < 4.78 is 39.2. The number of nitrogens with one attached hydrogen (secondary N) is 1. The van der Waals surface area contributed by atoms with E-state index in [1.807, 2.05) is 10.8 Å². The second kappa shape index (κ2) is 7.11. The molecule has 0 fully saturated rings. The first kappa shape index (κ1) is 16.1. The lowest BCUT2D eigenvalue weighted by atomic mass is 10.1. The van der Waals surface area contributed by atoms with Gasteiger partial charge in [0.05, 0.1) is 11.9 Å². The summed E-state index contributed by atoms with van der Waals surface area (Å²) in [6.45, 7) is 1.30. The van der Waals surface area contributed by atoms with Crippen LogP contribution in [0.3, 0.4) is 0 Å². The molecule has 1 amide bonds. The molecule has 118 valence electrons. The zero-order valence-corrected chi connectivity index (χ0v) is 11.8. The number of unbranched alkanes of at least 4 members (excludes halogenated alkanes) is 1. The van der Waals surface area contributed by atoms with Gasteiger partial charge in [0.15, 0.2) is 0 Å². The van der Waals surface area contributed by atoms with Crippen molar-refractivity contribution in [3.05, 3.63) is 54.1 Å². The predicted octanol–water partition coefficient (Wildman–Crippen LogP) is 3.11. The van der Waals surface area contributed by atoms with Crippen molar-refractivity contribution in [3.63, 3.8) is 0 Å². The van der Waals surface area contributed by atoms with Crippen LogP contribution in [0.25, 0.3) is 0 Å². The maximum Gasteiger partial charge on any atom is 0.416 e. The van der Waals surface area contributed by atoms with Crippen LogP contribution in [0.2, 0.25) is 0 Å². The van der Waals surface area contributed by atoms with E-state index in [1.165, 1.54) is 12.1 Å². The molecule has 2 aromatic rings. The number of hydrogen-bond acceptors (Lipinski definition) is 2. The van der Waals surface area contributed by atoms with Crippen LogP contribution >= 0.6 is 0 Å². The molecule has 1 aromatic heterocycles. The van der Waals surface area contributed by atoms with Gasteiger partial charge in [0.25, 0.3) is 5.91 Å². The lowest BCUT2D eigenvalue weighted by Crippen LogP contribution is -2.24. The maximum absolute atomic E-state index is 12.4. The lowest BCUT2D eigenvalue weighted by molar-refractivity contribution is -0.137. The molecular weight excluding hydrogens is 295 g/mol. The van der Waals surface area contributed by atoms with E-state index >= 15 is 0 Å². The van der Waals surface area contributed by atoms with Gasteiger partial charge in [-0.3, -0.25) is 4.79 Å². The van der Waals surface area contributed by atoms with E-state index in [4.69, 9.17) is 0 Å². The van der Waals surface area contributed by atoms with E-state index in [0.29, 0.717) is 6.54 Å². The molecule has 1 N–H and O–H groups in total. The standard InChI is InChI=1S/C15H16F3N3O/c16-15(17,18)13-5-3-12(4-6-13)14(22)20-7-1-2-9-21-10-8-19-11-21/h3-6,8,10-11H,1-2,7,9H2,(H,20,22). The Morgan fingerprint density at radius 1 is 1.18 bits per heavy atom. The summed E-state index contributed by atoms with van der Waals surface area (Å²) in [4.78, 5) is 15.7. The number of carbonyl (C=O) groups is 1. The number of amides is 1. The van der Waals surface area contributed by atoms with Crippen molar-refractivity contribution in [2.75, 3.05) is 6.54 Å². The molecule has 0 atom stereocenters. The van der Waals surface area contributed by atoms with Gasteiger partial charge in [-0.15, -0.1) is 0 Å². The van der Waals surface area contributed by atoms with Crippen LogP contribution in [0.4, 0.5) is 13.2 Å². The van der Waals surface area contributed by atoms with Gasteiger partial charge in [-0.2, -0.15) is 13.2 Å². The van der Waals surface area contributed by atoms with E-state index in [2.05, 4.69) is 10.3 Å². The first-order valence-electron chi connectivity index (χ1n) is 6.88. The van der Waals surface area contributed by atoms with Crippen molar-refractivity contribution in [1.29, 1.82) is 0 Å². The number of rotatable bonds is 6. The van der Waals surface area contributed by atoms with Crippen molar-refractivity contribution >= 4 is 5.91 Å². The zero-order valence-electron chi connectivity index (χ0n) is 11.8. The molecule has 0 aliphatic rings. The molecule has 0 saturated heterocycles. The fraction of sp³-hybridized carbons (Fsp3) is 0.333. The normalized spacial score (nSPS) is 11.4. The monoisotopic (exact) mass is 311 g/mol. The Labute approximate surface area is 126 Å². The van der Waals surface area contributed by atoms with E-state index in [1.54, 1.807) is 12.5 Å². The molecule has 0 bridgehead atoms. The molecule has 0 aliphatic heterocycles. The Kier molecular flexibility index (Phi) is 5.19. The summed E-state index contributed by atoms with van der Waals surface area (Å²) in [5, 5.41) is 2.69. The average molecular weight is 311 g/mol. The minimum atomic E-state index is -4.39. The smallest absolute Gasteiger partial charge is 0.352 e. The van der Waals surface area contributed by atoms with E-state index in [0.717, 1.165) is 31.5 Å².